The molecule has 0 spiro atoms. The van der Waals surface area contributed by atoms with Gasteiger partial charge in [-0.3, -0.25) is 4.79 Å². The number of piperidine rings is 1. The summed E-state index contributed by atoms with van der Waals surface area (Å²) >= 11 is 0. The highest BCUT2D eigenvalue weighted by Gasteiger charge is 2.35. The van der Waals surface area contributed by atoms with E-state index in [4.69, 9.17) is 4.74 Å². The SMILES string of the molecule is Cc1nc2ccc(-c3ccc4c(c3)CN(C(=O)N3CCC(=O)CC3c3cccc(F)c3)CCO4)cc2[nH]1. The van der Waals surface area contributed by atoms with Gasteiger partial charge in [0.2, 0.25) is 0 Å². The second kappa shape index (κ2) is 9.35. The Bertz CT molecular complexity index is 1510. The second-order valence-electron chi connectivity index (χ2n) is 9.69. The number of rotatable bonds is 2. The first-order valence-corrected chi connectivity index (χ1v) is 12.5. The fourth-order valence-corrected chi connectivity index (χ4v) is 5.31. The van der Waals surface area contributed by atoms with E-state index in [-0.39, 0.29) is 24.1 Å². The number of imidazole rings is 1. The van der Waals surface area contributed by atoms with Crippen LogP contribution in [0.1, 0.15) is 35.8 Å². The zero-order valence-corrected chi connectivity index (χ0v) is 20.5. The lowest BCUT2D eigenvalue weighted by molar-refractivity contribution is -0.122. The van der Waals surface area contributed by atoms with Crippen LogP contribution in [0, 0.1) is 12.7 Å². The molecule has 0 radical (unpaired) electrons. The van der Waals surface area contributed by atoms with Gasteiger partial charge in [-0.1, -0.05) is 24.3 Å². The Morgan fingerprint density at radius 1 is 1.08 bits per heavy atom. The van der Waals surface area contributed by atoms with Crippen LogP contribution in [0.15, 0.2) is 60.7 Å². The van der Waals surface area contributed by atoms with Gasteiger partial charge in [0.05, 0.1) is 30.2 Å². The topological polar surface area (TPSA) is 78.5 Å². The highest BCUT2D eigenvalue weighted by atomic mass is 19.1. The van der Waals surface area contributed by atoms with Crippen molar-refractivity contribution in [1.82, 2.24) is 19.8 Å². The number of aromatic nitrogens is 2. The third-order valence-electron chi connectivity index (χ3n) is 7.15. The molecule has 1 fully saturated rings. The molecule has 37 heavy (non-hydrogen) atoms. The number of nitrogens with zero attached hydrogens (tertiary/aromatic N) is 3. The summed E-state index contributed by atoms with van der Waals surface area (Å²) in [4.78, 5) is 37.3. The zero-order chi connectivity index (χ0) is 25.5. The molecule has 2 aliphatic rings. The molecular weight excluding hydrogens is 471 g/mol. The van der Waals surface area contributed by atoms with E-state index in [0.29, 0.717) is 38.2 Å². The largest absolute Gasteiger partial charge is 0.491 e. The van der Waals surface area contributed by atoms with Crippen LogP contribution in [0.5, 0.6) is 5.75 Å². The Kier molecular flexibility index (Phi) is 5.87. The highest BCUT2D eigenvalue weighted by molar-refractivity contribution is 5.84. The molecule has 4 aromatic rings. The number of benzene rings is 3. The van der Waals surface area contributed by atoms with E-state index in [1.54, 1.807) is 21.9 Å². The molecule has 188 valence electrons. The van der Waals surface area contributed by atoms with E-state index < -0.39 is 6.04 Å². The molecule has 3 aromatic carbocycles. The summed E-state index contributed by atoms with van der Waals surface area (Å²) in [6, 6.07) is 17.7. The number of carbonyl (C=O) groups excluding carboxylic acids is 2. The summed E-state index contributed by atoms with van der Waals surface area (Å²) < 4.78 is 20.0. The number of H-pyrrole nitrogens is 1. The minimum Gasteiger partial charge on any atom is -0.491 e. The van der Waals surface area contributed by atoms with Crippen LogP contribution in [-0.4, -0.2) is 51.3 Å². The van der Waals surface area contributed by atoms with Crippen molar-refractivity contribution in [2.24, 2.45) is 0 Å². The standard InChI is InChI=1S/C29H27FN4O3/c1-18-31-25-7-5-20(15-26(25)32-18)19-6-8-28-22(13-19)17-33(11-12-37-28)29(36)34-10-9-24(35)16-27(34)21-3-2-4-23(30)14-21/h2-8,13-15,27H,9-12,16-17H2,1H3,(H,31,32). The fraction of sp³-hybridized carbons (Fsp3) is 0.276. The zero-order valence-electron chi connectivity index (χ0n) is 20.5. The molecule has 2 aliphatic heterocycles. The third-order valence-corrected chi connectivity index (χ3v) is 7.15. The van der Waals surface area contributed by atoms with E-state index >= 15 is 0 Å². The van der Waals surface area contributed by atoms with Crippen molar-refractivity contribution in [1.29, 1.82) is 0 Å². The van der Waals surface area contributed by atoms with Crippen molar-refractivity contribution < 1.29 is 18.7 Å². The number of Topliss-reactive ketones (excluding diaryl/α,β-unsaturated/α-hetero) is 1. The van der Waals surface area contributed by atoms with E-state index in [9.17, 15) is 14.0 Å². The molecule has 7 nitrogen and oxygen atoms in total. The number of aromatic amines is 1. The number of fused-ring (bicyclic) bond motifs is 2. The molecule has 1 aromatic heterocycles. The molecule has 1 unspecified atom stereocenters. The number of halogens is 1. The van der Waals surface area contributed by atoms with Crippen LogP contribution in [0.4, 0.5) is 9.18 Å². The maximum Gasteiger partial charge on any atom is 0.320 e. The molecule has 1 saturated heterocycles. The molecule has 0 bridgehead atoms. The van der Waals surface area contributed by atoms with Gasteiger partial charge in [-0.05, 0) is 60.0 Å². The predicted octanol–water partition coefficient (Wildman–Crippen LogP) is 5.40. The predicted molar refractivity (Wildman–Crippen MR) is 138 cm³/mol. The maximum atomic E-state index is 14.0. The summed E-state index contributed by atoms with van der Waals surface area (Å²) in [5.41, 5.74) is 5.51. The van der Waals surface area contributed by atoms with Gasteiger partial charge in [0.25, 0.3) is 0 Å². The Labute approximate surface area is 213 Å². The minimum atomic E-state index is -0.482. The van der Waals surface area contributed by atoms with Crippen molar-refractivity contribution in [2.45, 2.75) is 32.4 Å². The monoisotopic (exact) mass is 498 g/mol. The molecule has 3 heterocycles. The van der Waals surface area contributed by atoms with Gasteiger partial charge in [-0.25, -0.2) is 14.2 Å². The summed E-state index contributed by atoms with van der Waals surface area (Å²) in [5.74, 6) is 1.33. The van der Waals surface area contributed by atoms with Crippen LogP contribution < -0.4 is 4.74 Å². The lowest BCUT2D eigenvalue weighted by atomic mass is 9.94. The summed E-state index contributed by atoms with van der Waals surface area (Å²) in [5, 5.41) is 0. The average molecular weight is 499 g/mol. The number of hydrogen-bond donors (Lipinski definition) is 1. The van der Waals surface area contributed by atoms with Gasteiger partial charge in [0, 0.05) is 24.9 Å². The van der Waals surface area contributed by atoms with Gasteiger partial charge >= 0.3 is 6.03 Å². The van der Waals surface area contributed by atoms with Gasteiger partial charge in [-0.2, -0.15) is 0 Å². The number of ether oxygens (including phenoxy) is 1. The van der Waals surface area contributed by atoms with Crippen LogP contribution in [0.3, 0.4) is 0 Å². The number of nitrogens with one attached hydrogen (secondary N) is 1. The molecule has 2 amide bonds. The van der Waals surface area contributed by atoms with Gasteiger partial charge in [0.1, 0.15) is 29.8 Å². The highest BCUT2D eigenvalue weighted by Crippen LogP contribution is 2.34. The van der Waals surface area contributed by atoms with Crippen molar-refractivity contribution in [3.63, 3.8) is 0 Å². The van der Waals surface area contributed by atoms with Crippen LogP contribution >= 0.6 is 0 Å². The van der Waals surface area contributed by atoms with E-state index in [0.717, 1.165) is 39.3 Å². The quantitative estimate of drug-likeness (QED) is 0.402. The number of urea groups is 1. The Balaban J connectivity index is 1.28. The molecular formula is C29H27FN4O3. The number of carbonyl (C=O) groups is 2. The molecule has 0 saturated carbocycles. The van der Waals surface area contributed by atoms with Crippen LogP contribution in [-0.2, 0) is 11.3 Å². The molecule has 6 rings (SSSR count). The normalized spacial score (nSPS) is 17.9. The smallest absolute Gasteiger partial charge is 0.320 e. The van der Waals surface area contributed by atoms with Crippen molar-refractivity contribution in [3.8, 4) is 16.9 Å². The summed E-state index contributed by atoms with van der Waals surface area (Å²) in [6.07, 6.45) is 0.494. The van der Waals surface area contributed by atoms with Crippen molar-refractivity contribution in [3.05, 3.63) is 83.4 Å². The number of hydrogen-bond acceptors (Lipinski definition) is 4. The van der Waals surface area contributed by atoms with Gasteiger partial charge in [-0.15, -0.1) is 0 Å². The van der Waals surface area contributed by atoms with Gasteiger partial charge in [0.15, 0.2) is 0 Å². The second-order valence-corrected chi connectivity index (χ2v) is 9.69. The first kappa shape index (κ1) is 23.2. The van der Waals surface area contributed by atoms with Crippen LogP contribution in [0.25, 0.3) is 22.2 Å². The molecule has 8 heteroatoms. The number of ketones is 1. The lowest BCUT2D eigenvalue weighted by Gasteiger charge is -2.38. The number of likely N-dealkylation sites (tertiary alicyclic amines) is 1. The van der Waals surface area contributed by atoms with E-state index in [1.807, 2.05) is 31.2 Å². The van der Waals surface area contributed by atoms with Crippen molar-refractivity contribution >= 4 is 22.8 Å². The Morgan fingerprint density at radius 2 is 1.92 bits per heavy atom. The lowest BCUT2D eigenvalue weighted by Crippen LogP contribution is -2.48. The minimum absolute atomic E-state index is 0.0805. The average Bonchev–Trinajstić information content (AvgIpc) is 3.13. The maximum absolute atomic E-state index is 14.0. The van der Waals surface area contributed by atoms with Crippen molar-refractivity contribution in [2.75, 3.05) is 19.7 Å². The van der Waals surface area contributed by atoms with Crippen LogP contribution in [0.2, 0.25) is 0 Å². The Morgan fingerprint density at radius 3 is 2.78 bits per heavy atom. The summed E-state index contributed by atoms with van der Waals surface area (Å²) in [7, 11) is 0. The first-order valence-electron chi connectivity index (χ1n) is 12.5. The van der Waals surface area contributed by atoms with Gasteiger partial charge < -0.3 is 19.5 Å². The fourth-order valence-electron chi connectivity index (χ4n) is 5.31. The molecule has 1 N–H and O–H groups in total. The first-order chi connectivity index (χ1) is 17.9. The number of aryl methyl sites for hydroxylation is 1. The van der Waals surface area contributed by atoms with E-state index in [1.165, 1.54) is 12.1 Å². The van der Waals surface area contributed by atoms with E-state index in [2.05, 4.69) is 22.1 Å². The molecule has 0 aliphatic carbocycles. The third kappa shape index (κ3) is 4.55. The molecule has 1 atom stereocenters. The summed E-state index contributed by atoms with van der Waals surface area (Å²) in [6.45, 7) is 3.42. The number of amides is 2. The Hall–Kier alpha value is -4.20.